The quantitative estimate of drug-likeness (QED) is 0.292. The second kappa shape index (κ2) is 10.3. The molecular formula is C28H27ClN2O. The average Bonchev–Trinajstić information content (AvgIpc) is 3.27. The molecule has 1 heterocycles. The van der Waals surface area contributed by atoms with Crippen LogP contribution in [0.1, 0.15) is 33.3 Å². The van der Waals surface area contributed by atoms with Gasteiger partial charge in [-0.15, -0.1) is 11.6 Å². The van der Waals surface area contributed by atoms with Crippen molar-refractivity contribution in [3.8, 4) is 0 Å². The van der Waals surface area contributed by atoms with E-state index in [-0.39, 0.29) is 5.91 Å². The van der Waals surface area contributed by atoms with Gasteiger partial charge in [-0.25, -0.2) is 0 Å². The van der Waals surface area contributed by atoms with Crippen LogP contribution < -0.4 is 0 Å². The predicted octanol–water partition coefficient (Wildman–Crippen LogP) is 6.35. The van der Waals surface area contributed by atoms with E-state index < -0.39 is 5.38 Å². The number of carbonyl (C=O) groups excluding carboxylic acids is 1. The number of benzene rings is 3. The number of amides is 1. The summed E-state index contributed by atoms with van der Waals surface area (Å²) in [6.45, 7) is 3.85. The SMILES string of the molecule is Cc1ccc(Cn2cccc2CN(Cc2ccccc2)C(=O)C(Cl)c2ccccc2)cc1. The van der Waals surface area contributed by atoms with E-state index >= 15 is 0 Å². The third-order valence-corrected chi connectivity index (χ3v) is 6.03. The van der Waals surface area contributed by atoms with Crippen LogP contribution in [0, 0.1) is 6.92 Å². The molecule has 0 fully saturated rings. The number of hydrogen-bond donors (Lipinski definition) is 0. The highest BCUT2D eigenvalue weighted by Crippen LogP contribution is 2.25. The van der Waals surface area contributed by atoms with Crippen LogP contribution in [-0.4, -0.2) is 15.4 Å². The van der Waals surface area contributed by atoms with E-state index in [2.05, 4.69) is 48.0 Å². The van der Waals surface area contributed by atoms with Crippen LogP contribution in [-0.2, 0) is 24.4 Å². The standard InChI is InChI=1S/C28H27ClN2O/c1-22-14-16-24(17-15-22)19-30-18-8-13-26(30)21-31(20-23-9-4-2-5-10-23)28(32)27(29)25-11-6-3-7-12-25/h2-18,27H,19-21H2,1H3. The van der Waals surface area contributed by atoms with E-state index in [1.165, 1.54) is 11.1 Å². The molecule has 3 aromatic carbocycles. The second-order valence-corrected chi connectivity index (χ2v) is 8.50. The third kappa shape index (κ3) is 5.49. The van der Waals surface area contributed by atoms with Crippen molar-refractivity contribution >= 4 is 17.5 Å². The van der Waals surface area contributed by atoms with Gasteiger partial charge in [0.1, 0.15) is 5.38 Å². The second-order valence-electron chi connectivity index (χ2n) is 8.07. The molecule has 0 radical (unpaired) electrons. The molecule has 0 N–H and O–H groups in total. The Labute approximate surface area is 194 Å². The van der Waals surface area contributed by atoms with Crippen LogP contribution in [0.3, 0.4) is 0 Å². The summed E-state index contributed by atoms with van der Waals surface area (Å²) in [5.41, 5.74) is 5.44. The minimum Gasteiger partial charge on any atom is -0.345 e. The monoisotopic (exact) mass is 442 g/mol. The van der Waals surface area contributed by atoms with Gasteiger partial charge >= 0.3 is 0 Å². The molecular weight excluding hydrogens is 416 g/mol. The van der Waals surface area contributed by atoms with Crippen LogP contribution in [0.25, 0.3) is 0 Å². The summed E-state index contributed by atoms with van der Waals surface area (Å²) in [4.78, 5) is 15.3. The van der Waals surface area contributed by atoms with Crippen molar-refractivity contribution in [2.45, 2.75) is 31.9 Å². The Kier molecular flexibility index (Phi) is 7.08. The van der Waals surface area contributed by atoms with E-state index in [0.717, 1.165) is 23.4 Å². The van der Waals surface area contributed by atoms with Gasteiger partial charge in [-0.05, 0) is 35.7 Å². The van der Waals surface area contributed by atoms with E-state index in [0.29, 0.717) is 13.1 Å². The highest BCUT2D eigenvalue weighted by atomic mass is 35.5. The minimum atomic E-state index is -0.722. The Hall–Kier alpha value is -3.30. The van der Waals surface area contributed by atoms with Crippen molar-refractivity contribution < 1.29 is 4.79 Å². The fraction of sp³-hybridized carbons (Fsp3) is 0.179. The molecule has 4 aromatic rings. The summed E-state index contributed by atoms with van der Waals surface area (Å²) in [6, 6.07) is 32.2. The lowest BCUT2D eigenvalue weighted by Gasteiger charge is -2.26. The van der Waals surface area contributed by atoms with E-state index in [1.54, 1.807) is 0 Å². The van der Waals surface area contributed by atoms with Gasteiger partial charge in [0.05, 0.1) is 6.54 Å². The highest BCUT2D eigenvalue weighted by molar-refractivity contribution is 6.30. The molecule has 0 saturated carbocycles. The number of carbonyl (C=O) groups is 1. The number of aryl methyl sites for hydroxylation is 1. The summed E-state index contributed by atoms with van der Waals surface area (Å²) in [5.74, 6) is -0.0928. The molecule has 4 rings (SSSR count). The van der Waals surface area contributed by atoms with E-state index in [1.807, 2.05) is 71.6 Å². The molecule has 162 valence electrons. The summed E-state index contributed by atoms with van der Waals surface area (Å²) in [7, 11) is 0. The molecule has 0 aliphatic heterocycles. The summed E-state index contributed by atoms with van der Waals surface area (Å²) >= 11 is 6.64. The third-order valence-electron chi connectivity index (χ3n) is 5.59. The molecule has 0 aliphatic carbocycles. The first-order valence-corrected chi connectivity index (χ1v) is 11.2. The molecule has 0 aliphatic rings. The van der Waals surface area contributed by atoms with Crippen molar-refractivity contribution in [1.82, 2.24) is 9.47 Å². The van der Waals surface area contributed by atoms with Gasteiger partial charge in [0.25, 0.3) is 0 Å². The van der Waals surface area contributed by atoms with E-state index in [9.17, 15) is 4.79 Å². The molecule has 1 unspecified atom stereocenters. The number of hydrogen-bond acceptors (Lipinski definition) is 1. The lowest BCUT2D eigenvalue weighted by molar-refractivity contribution is -0.132. The smallest absolute Gasteiger partial charge is 0.245 e. The van der Waals surface area contributed by atoms with E-state index in [4.69, 9.17) is 11.6 Å². The molecule has 3 nitrogen and oxygen atoms in total. The van der Waals surface area contributed by atoms with Crippen molar-refractivity contribution in [2.75, 3.05) is 0 Å². The summed E-state index contributed by atoms with van der Waals surface area (Å²) in [5, 5.41) is -0.722. The lowest BCUT2D eigenvalue weighted by atomic mass is 10.1. The molecule has 1 aromatic heterocycles. The van der Waals surface area contributed by atoms with Crippen LogP contribution >= 0.6 is 11.6 Å². The Morgan fingerprint density at radius 2 is 1.47 bits per heavy atom. The van der Waals surface area contributed by atoms with Gasteiger partial charge < -0.3 is 9.47 Å². The van der Waals surface area contributed by atoms with Crippen molar-refractivity contribution in [1.29, 1.82) is 0 Å². The Balaban J connectivity index is 1.57. The number of halogens is 1. The number of aromatic nitrogens is 1. The Bertz CT molecular complexity index is 1140. The van der Waals surface area contributed by atoms with Crippen LogP contribution in [0.15, 0.2) is 103 Å². The van der Waals surface area contributed by atoms with Crippen LogP contribution in [0.5, 0.6) is 0 Å². The van der Waals surface area contributed by atoms with Gasteiger partial charge in [0.15, 0.2) is 0 Å². The molecule has 1 amide bonds. The van der Waals surface area contributed by atoms with Gasteiger partial charge in [-0.3, -0.25) is 4.79 Å². The molecule has 32 heavy (non-hydrogen) atoms. The first kappa shape index (κ1) is 21.9. The molecule has 0 bridgehead atoms. The molecule has 0 saturated heterocycles. The topological polar surface area (TPSA) is 25.2 Å². The first-order chi connectivity index (χ1) is 15.6. The van der Waals surface area contributed by atoms with Crippen molar-refractivity contribution in [3.05, 3.63) is 131 Å². The highest BCUT2D eigenvalue weighted by Gasteiger charge is 2.25. The largest absolute Gasteiger partial charge is 0.345 e. The fourth-order valence-electron chi connectivity index (χ4n) is 3.77. The van der Waals surface area contributed by atoms with Crippen LogP contribution in [0.2, 0.25) is 0 Å². The average molecular weight is 443 g/mol. The molecule has 4 heteroatoms. The van der Waals surface area contributed by atoms with Gasteiger partial charge in [0, 0.05) is 25.0 Å². The zero-order valence-corrected chi connectivity index (χ0v) is 19.0. The number of nitrogens with zero attached hydrogens (tertiary/aromatic N) is 2. The molecule has 0 spiro atoms. The van der Waals surface area contributed by atoms with Gasteiger partial charge in [-0.2, -0.15) is 0 Å². The van der Waals surface area contributed by atoms with Crippen molar-refractivity contribution in [3.63, 3.8) is 0 Å². The maximum atomic E-state index is 13.5. The number of rotatable bonds is 8. The zero-order valence-electron chi connectivity index (χ0n) is 18.2. The maximum Gasteiger partial charge on any atom is 0.245 e. The summed E-state index contributed by atoms with van der Waals surface area (Å²) < 4.78 is 2.20. The lowest BCUT2D eigenvalue weighted by Crippen LogP contribution is -2.33. The zero-order chi connectivity index (χ0) is 22.3. The predicted molar refractivity (Wildman–Crippen MR) is 130 cm³/mol. The van der Waals surface area contributed by atoms with Gasteiger partial charge in [0.2, 0.25) is 5.91 Å². The normalized spacial score (nSPS) is 11.8. The number of alkyl halides is 1. The summed E-state index contributed by atoms with van der Waals surface area (Å²) in [6.07, 6.45) is 2.07. The Morgan fingerprint density at radius 1 is 0.812 bits per heavy atom. The van der Waals surface area contributed by atoms with Crippen LogP contribution in [0.4, 0.5) is 0 Å². The molecule has 1 atom stereocenters. The minimum absolute atomic E-state index is 0.0928. The Morgan fingerprint density at radius 3 is 2.16 bits per heavy atom. The van der Waals surface area contributed by atoms with Gasteiger partial charge in [-0.1, -0.05) is 90.5 Å². The van der Waals surface area contributed by atoms with Crippen molar-refractivity contribution in [2.24, 2.45) is 0 Å². The first-order valence-electron chi connectivity index (χ1n) is 10.8. The maximum absolute atomic E-state index is 13.5. The fourth-order valence-corrected chi connectivity index (χ4v) is 4.06.